The van der Waals surface area contributed by atoms with Crippen molar-refractivity contribution in [1.29, 1.82) is 0 Å². The fourth-order valence-corrected chi connectivity index (χ4v) is 5.69. The van der Waals surface area contributed by atoms with E-state index in [-0.39, 0.29) is 17.7 Å². The number of unbranched alkanes of at least 4 members (excludes halogenated alkanes) is 1. The lowest BCUT2D eigenvalue weighted by Crippen LogP contribution is -2.38. The number of benzene rings is 2. The number of carbonyl (C=O) groups excluding carboxylic acids is 2. The lowest BCUT2D eigenvalue weighted by atomic mass is 9.69. The number of Topliss-reactive ketones (excluding diaryl/α,β-unsaturated/α-hetero) is 1. The van der Waals surface area contributed by atoms with E-state index in [2.05, 4.69) is 6.92 Å². The Kier molecular flexibility index (Phi) is 8.75. The number of methoxy groups -OCH3 is 2. The molecule has 0 saturated carbocycles. The molecule has 6 nitrogen and oxygen atoms in total. The number of nitrogens with zero attached hydrogens (tertiary/aromatic N) is 1. The molecule has 1 heterocycles. The van der Waals surface area contributed by atoms with Crippen LogP contribution in [0.25, 0.3) is 0 Å². The average molecular weight is 522 g/mol. The summed E-state index contributed by atoms with van der Waals surface area (Å²) in [5.74, 6) is -0.0447. The molecule has 4 rings (SSSR count). The molecule has 196 valence electrons. The number of ketones is 1. The van der Waals surface area contributed by atoms with Gasteiger partial charge in [0.2, 0.25) is 0 Å². The van der Waals surface area contributed by atoms with Gasteiger partial charge >= 0.3 is 5.97 Å². The summed E-state index contributed by atoms with van der Waals surface area (Å²) >= 11 is 1.66. The minimum atomic E-state index is -0.614. The smallest absolute Gasteiger partial charge is 0.315 e. The Labute approximate surface area is 223 Å². The number of hydrogen-bond acceptors (Lipinski definition) is 7. The number of ether oxygens (including phenoxy) is 3. The zero-order valence-electron chi connectivity index (χ0n) is 22.2. The monoisotopic (exact) mass is 521 g/mol. The highest BCUT2D eigenvalue weighted by atomic mass is 32.2. The highest BCUT2D eigenvalue weighted by Gasteiger charge is 2.44. The van der Waals surface area contributed by atoms with E-state index in [0.29, 0.717) is 42.2 Å². The van der Waals surface area contributed by atoms with Crippen LogP contribution >= 0.6 is 11.8 Å². The topological polar surface area (TPSA) is 74.2 Å². The van der Waals surface area contributed by atoms with Crippen molar-refractivity contribution in [1.82, 2.24) is 0 Å². The molecule has 0 fully saturated rings. The van der Waals surface area contributed by atoms with Crippen molar-refractivity contribution < 1.29 is 23.8 Å². The number of thioether (sulfide) groups is 1. The molecule has 2 aliphatic rings. The Balaban J connectivity index is 1.73. The predicted octanol–water partition coefficient (Wildman–Crippen LogP) is 6.34. The Morgan fingerprint density at radius 3 is 2.38 bits per heavy atom. The molecular weight excluding hydrogens is 486 g/mol. The Bertz CT molecular complexity index is 1220. The van der Waals surface area contributed by atoms with Crippen molar-refractivity contribution in [2.45, 2.75) is 56.3 Å². The van der Waals surface area contributed by atoms with Crippen LogP contribution in [0.5, 0.6) is 11.5 Å². The molecule has 0 bridgehead atoms. The van der Waals surface area contributed by atoms with Crippen LogP contribution in [0.2, 0.25) is 0 Å². The summed E-state index contributed by atoms with van der Waals surface area (Å²) in [5, 5.41) is 0. The molecule has 0 N–H and O–H groups in total. The summed E-state index contributed by atoms with van der Waals surface area (Å²) < 4.78 is 16.5. The quantitative estimate of drug-likeness (QED) is 0.218. The van der Waals surface area contributed by atoms with Crippen LogP contribution in [0.1, 0.15) is 62.5 Å². The van der Waals surface area contributed by atoms with Crippen LogP contribution in [0.15, 0.2) is 63.6 Å². The predicted molar refractivity (Wildman–Crippen MR) is 147 cm³/mol. The molecule has 0 saturated heterocycles. The Morgan fingerprint density at radius 2 is 1.73 bits per heavy atom. The van der Waals surface area contributed by atoms with Crippen molar-refractivity contribution in [2.24, 2.45) is 10.9 Å². The molecule has 7 heteroatoms. The molecule has 37 heavy (non-hydrogen) atoms. The van der Waals surface area contributed by atoms with E-state index in [1.54, 1.807) is 26.0 Å². The van der Waals surface area contributed by atoms with Crippen LogP contribution in [-0.2, 0) is 14.3 Å². The fraction of sp³-hybridized carbons (Fsp3) is 0.433. The standard InChI is InChI=1S/C30H35NO5S/c1-6-7-14-36-30(33)27-18(2)31-23-15-21(20-10-13-25(34-3)26(17-20)35-4)16-24(32)29(23)28(27)19-8-11-22(37-5)12-9-19/h8-13,17,21,27-28H,6-7,14-16H2,1-5H3/t21-,27?,28+/m1/s1. The van der Waals surface area contributed by atoms with Gasteiger partial charge in [0.1, 0.15) is 5.92 Å². The van der Waals surface area contributed by atoms with Gasteiger partial charge in [0, 0.05) is 34.2 Å². The van der Waals surface area contributed by atoms with Gasteiger partial charge in [-0.2, -0.15) is 0 Å². The number of allylic oxidation sites excluding steroid dienone is 2. The average Bonchev–Trinajstić information content (AvgIpc) is 2.91. The van der Waals surface area contributed by atoms with Crippen LogP contribution in [-0.4, -0.2) is 44.5 Å². The van der Waals surface area contributed by atoms with Crippen LogP contribution in [0.4, 0.5) is 0 Å². The van der Waals surface area contributed by atoms with Gasteiger partial charge in [0.05, 0.1) is 20.8 Å². The second-order valence-corrected chi connectivity index (χ2v) is 10.4. The van der Waals surface area contributed by atoms with Crippen LogP contribution in [0, 0.1) is 5.92 Å². The minimum absolute atomic E-state index is 0.0302. The first-order valence-corrected chi connectivity index (χ1v) is 14.0. The second-order valence-electron chi connectivity index (χ2n) is 9.51. The number of aliphatic imine (C=N–C) groups is 1. The number of hydrogen-bond donors (Lipinski definition) is 0. The molecule has 1 aliphatic heterocycles. The third kappa shape index (κ3) is 5.61. The normalized spacial score (nSPS) is 21.3. The Hall–Kier alpha value is -3.06. The van der Waals surface area contributed by atoms with Crippen molar-refractivity contribution in [2.75, 3.05) is 27.1 Å². The summed E-state index contributed by atoms with van der Waals surface area (Å²) in [5.41, 5.74) is 4.06. The molecular formula is C30H35NO5S. The summed E-state index contributed by atoms with van der Waals surface area (Å²) in [6, 6.07) is 13.9. The van der Waals surface area contributed by atoms with Crippen LogP contribution in [0.3, 0.4) is 0 Å². The maximum Gasteiger partial charge on any atom is 0.315 e. The van der Waals surface area contributed by atoms with E-state index >= 15 is 0 Å². The van der Waals surface area contributed by atoms with Crippen molar-refractivity contribution in [3.8, 4) is 11.5 Å². The highest BCUT2D eigenvalue weighted by molar-refractivity contribution is 7.98. The molecule has 3 atom stereocenters. The number of esters is 1. The number of rotatable bonds is 9. The molecule has 0 spiro atoms. The zero-order valence-corrected chi connectivity index (χ0v) is 23.0. The second kappa shape index (κ2) is 12.0. The SMILES string of the molecule is CCCCOC(=O)C1C(C)=NC2=C(C(=O)C[C@H](c3ccc(OC)c(OC)c3)C2)[C@H]1c1ccc(SC)cc1. The van der Waals surface area contributed by atoms with Crippen molar-refractivity contribution in [3.63, 3.8) is 0 Å². The van der Waals surface area contributed by atoms with Gasteiger partial charge in [0.25, 0.3) is 0 Å². The minimum Gasteiger partial charge on any atom is -0.493 e. The third-order valence-corrected chi connectivity index (χ3v) is 7.98. The molecule has 0 radical (unpaired) electrons. The first-order chi connectivity index (χ1) is 17.9. The molecule has 1 unspecified atom stereocenters. The van der Waals surface area contributed by atoms with E-state index in [1.165, 1.54) is 0 Å². The van der Waals surface area contributed by atoms with Gasteiger partial charge in [-0.3, -0.25) is 14.6 Å². The van der Waals surface area contributed by atoms with Gasteiger partial charge in [-0.05, 0) is 67.3 Å². The third-order valence-electron chi connectivity index (χ3n) is 7.24. The molecule has 0 aromatic heterocycles. The summed E-state index contributed by atoms with van der Waals surface area (Å²) in [7, 11) is 3.21. The van der Waals surface area contributed by atoms with Crippen molar-refractivity contribution in [3.05, 3.63) is 64.9 Å². The van der Waals surface area contributed by atoms with Crippen LogP contribution < -0.4 is 9.47 Å². The first kappa shape index (κ1) is 27.0. The highest BCUT2D eigenvalue weighted by Crippen LogP contribution is 2.47. The van der Waals surface area contributed by atoms with E-state index in [4.69, 9.17) is 19.2 Å². The lowest BCUT2D eigenvalue weighted by molar-refractivity contribution is -0.146. The van der Waals surface area contributed by atoms with Crippen molar-refractivity contribution >= 4 is 29.2 Å². The first-order valence-electron chi connectivity index (χ1n) is 12.8. The maximum absolute atomic E-state index is 13.8. The largest absolute Gasteiger partial charge is 0.493 e. The summed E-state index contributed by atoms with van der Waals surface area (Å²) in [6.45, 7) is 4.31. The molecule has 2 aromatic carbocycles. The van der Waals surface area contributed by atoms with Gasteiger partial charge in [-0.1, -0.05) is 31.5 Å². The van der Waals surface area contributed by atoms with E-state index in [1.807, 2.05) is 55.6 Å². The molecule has 2 aromatic rings. The summed E-state index contributed by atoms with van der Waals surface area (Å²) in [4.78, 5) is 33.1. The van der Waals surface area contributed by atoms with Gasteiger partial charge < -0.3 is 14.2 Å². The van der Waals surface area contributed by atoms with E-state index in [0.717, 1.165) is 34.6 Å². The summed E-state index contributed by atoms with van der Waals surface area (Å²) in [6.07, 6.45) is 4.74. The van der Waals surface area contributed by atoms with Gasteiger partial charge in [0.15, 0.2) is 17.3 Å². The van der Waals surface area contributed by atoms with E-state index in [9.17, 15) is 9.59 Å². The fourth-order valence-electron chi connectivity index (χ4n) is 5.29. The maximum atomic E-state index is 13.8. The number of carbonyl (C=O) groups is 2. The molecule has 1 aliphatic carbocycles. The van der Waals surface area contributed by atoms with Gasteiger partial charge in [-0.25, -0.2) is 0 Å². The zero-order chi connectivity index (χ0) is 26.5. The van der Waals surface area contributed by atoms with E-state index < -0.39 is 11.8 Å². The molecule has 0 amide bonds. The van der Waals surface area contributed by atoms with Gasteiger partial charge in [-0.15, -0.1) is 11.8 Å². The Morgan fingerprint density at radius 1 is 1.03 bits per heavy atom. The lowest BCUT2D eigenvalue weighted by Gasteiger charge is -2.36.